The number of aromatic hydroxyl groups is 1. The van der Waals surface area contributed by atoms with Crippen molar-refractivity contribution >= 4 is 46.2 Å². The number of hydrogen-bond donors (Lipinski definition) is 1. The van der Waals surface area contributed by atoms with Gasteiger partial charge in [0.1, 0.15) is 0 Å². The summed E-state index contributed by atoms with van der Waals surface area (Å²) in [6.45, 7) is 2.22. The number of rotatable bonds is 4. The van der Waals surface area contributed by atoms with E-state index < -0.39 is 0 Å². The van der Waals surface area contributed by atoms with E-state index in [1.165, 1.54) is 25.3 Å². The van der Waals surface area contributed by atoms with E-state index in [0.29, 0.717) is 21.6 Å². The number of thioether (sulfide) groups is 1. The summed E-state index contributed by atoms with van der Waals surface area (Å²) in [4.78, 5) is 20.8. The van der Waals surface area contributed by atoms with E-state index in [9.17, 15) is 9.90 Å². The zero-order valence-electron chi connectivity index (χ0n) is 17.5. The lowest BCUT2D eigenvalue weighted by Gasteiger charge is -2.35. The van der Waals surface area contributed by atoms with Gasteiger partial charge in [0.2, 0.25) is 0 Å². The molecule has 1 heterocycles. The molecule has 0 aromatic heterocycles. The van der Waals surface area contributed by atoms with Gasteiger partial charge in [0.15, 0.2) is 16.7 Å². The van der Waals surface area contributed by atoms with Crippen molar-refractivity contribution in [2.75, 3.05) is 7.11 Å². The molecule has 0 unspecified atom stereocenters. The Morgan fingerprint density at radius 3 is 2.68 bits per heavy atom. The topological polar surface area (TPSA) is 62.1 Å². The SMILES string of the molecule is COc1cc(/C=C2\SC(=Nc3ccccc3)N([C@H]3CCCC[C@H]3C)C2=O)cc(Cl)c1O. The number of methoxy groups -OCH3 is 1. The van der Waals surface area contributed by atoms with Crippen molar-refractivity contribution in [2.24, 2.45) is 10.9 Å². The molecule has 0 spiro atoms. The van der Waals surface area contributed by atoms with Crippen molar-refractivity contribution in [3.8, 4) is 11.5 Å². The quantitative estimate of drug-likeness (QED) is 0.553. The first-order chi connectivity index (χ1) is 15.0. The van der Waals surface area contributed by atoms with Gasteiger partial charge in [-0.05, 0) is 66.4 Å². The van der Waals surface area contributed by atoms with E-state index in [1.54, 1.807) is 18.2 Å². The van der Waals surface area contributed by atoms with Gasteiger partial charge in [0.05, 0.1) is 22.7 Å². The van der Waals surface area contributed by atoms with Crippen LogP contribution in [0, 0.1) is 5.92 Å². The van der Waals surface area contributed by atoms with Crippen molar-refractivity contribution < 1.29 is 14.6 Å². The average Bonchev–Trinajstić information content (AvgIpc) is 3.06. The number of carbonyl (C=O) groups is 1. The van der Waals surface area contributed by atoms with Gasteiger partial charge in [-0.2, -0.15) is 0 Å². The fraction of sp³-hybridized carbons (Fsp3) is 0.333. The first kappa shape index (κ1) is 21.8. The molecule has 2 atom stereocenters. The molecular formula is C24H25ClN2O3S. The standard InChI is InChI=1S/C24H25ClN2O3S/c1-15-8-6-7-11-19(15)27-23(29)21(31-24(27)26-17-9-4-3-5-10-17)14-16-12-18(25)22(28)20(13-16)30-2/h3-5,9-10,12-15,19,28H,6-8,11H2,1-2H3/b21-14-,26-24?/t15-,19+/m1/s1. The lowest BCUT2D eigenvalue weighted by molar-refractivity contribution is -0.124. The molecule has 2 aromatic carbocycles. The molecule has 2 fully saturated rings. The van der Waals surface area contributed by atoms with Gasteiger partial charge in [-0.1, -0.05) is 49.6 Å². The summed E-state index contributed by atoms with van der Waals surface area (Å²) < 4.78 is 5.20. The van der Waals surface area contributed by atoms with Crippen LogP contribution < -0.4 is 4.74 Å². The van der Waals surface area contributed by atoms with Crippen molar-refractivity contribution in [3.63, 3.8) is 0 Å². The molecule has 1 saturated heterocycles. The molecule has 31 heavy (non-hydrogen) atoms. The van der Waals surface area contributed by atoms with Crippen LogP contribution >= 0.6 is 23.4 Å². The molecule has 0 radical (unpaired) electrons. The Kier molecular flexibility index (Phi) is 6.58. The molecule has 7 heteroatoms. The molecule has 0 bridgehead atoms. The number of para-hydroxylation sites is 1. The van der Waals surface area contributed by atoms with Crippen LogP contribution in [0.5, 0.6) is 11.5 Å². The fourth-order valence-corrected chi connectivity index (χ4v) is 5.40. The molecule has 1 saturated carbocycles. The maximum absolute atomic E-state index is 13.5. The van der Waals surface area contributed by atoms with Gasteiger partial charge in [-0.15, -0.1) is 0 Å². The number of halogens is 1. The van der Waals surface area contributed by atoms with Crippen molar-refractivity contribution in [1.29, 1.82) is 0 Å². The minimum Gasteiger partial charge on any atom is -0.503 e. The molecule has 1 aliphatic heterocycles. The van der Waals surface area contributed by atoms with E-state index in [2.05, 4.69) is 6.92 Å². The minimum atomic E-state index is -0.110. The largest absolute Gasteiger partial charge is 0.503 e. The van der Waals surface area contributed by atoms with Gasteiger partial charge in [0, 0.05) is 6.04 Å². The highest BCUT2D eigenvalue weighted by molar-refractivity contribution is 8.18. The molecule has 2 aromatic rings. The third-order valence-corrected chi connectivity index (χ3v) is 7.06. The highest BCUT2D eigenvalue weighted by Crippen LogP contribution is 2.41. The highest BCUT2D eigenvalue weighted by atomic mass is 35.5. The van der Waals surface area contributed by atoms with Crippen LogP contribution in [0.15, 0.2) is 52.4 Å². The van der Waals surface area contributed by atoms with E-state index in [-0.39, 0.29) is 28.5 Å². The Hall–Kier alpha value is -2.44. The Balaban J connectivity index is 1.74. The predicted octanol–water partition coefficient (Wildman–Crippen LogP) is 6.24. The van der Waals surface area contributed by atoms with Crippen LogP contribution in [0.25, 0.3) is 6.08 Å². The molecule has 2 aliphatic rings. The van der Waals surface area contributed by atoms with E-state index in [1.807, 2.05) is 35.2 Å². The average molecular weight is 457 g/mol. The molecule has 162 valence electrons. The number of phenols is 1. The monoisotopic (exact) mass is 456 g/mol. The first-order valence-electron chi connectivity index (χ1n) is 10.4. The minimum absolute atomic E-state index is 0.0402. The number of hydrogen-bond acceptors (Lipinski definition) is 5. The number of benzene rings is 2. The van der Waals surface area contributed by atoms with Gasteiger partial charge >= 0.3 is 0 Å². The van der Waals surface area contributed by atoms with Crippen LogP contribution in [0.2, 0.25) is 5.02 Å². The number of nitrogens with zero attached hydrogens (tertiary/aromatic N) is 2. The normalized spacial score (nSPS) is 24.2. The molecular weight excluding hydrogens is 432 g/mol. The third-order valence-electron chi connectivity index (χ3n) is 5.78. The Bertz CT molecular complexity index is 1040. The second kappa shape index (κ2) is 9.37. The third kappa shape index (κ3) is 4.60. The van der Waals surface area contributed by atoms with Crippen LogP contribution in [-0.4, -0.2) is 34.2 Å². The summed E-state index contributed by atoms with van der Waals surface area (Å²) in [6.07, 6.45) is 6.20. The Morgan fingerprint density at radius 1 is 1.23 bits per heavy atom. The van der Waals surface area contributed by atoms with Crippen molar-refractivity contribution in [1.82, 2.24) is 4.90 Å². The lowest BCUT2D eigenvalue weighted by Crippen LogP contribution is -2.44. The Morgan fingerprint density at radius 2 is 1.97 bits per heavy atom. The van der Waals surface area contributed by atoms with Gasteiger partial charge in [-0.3, -0.25) is 9.69 Å². The summed E-state index contributed by atoms with van der Waals surface area (Å²) in [6, 6.07) is 13.1. The maximum Gasteiger partial charge on any atom is 0.267 e. The number of amides is 1. The van der Waals surface area contributed by atoms with Crippen molar-refractivity contribution in [2.45, 2.75) is 38.6 Å². The second-order valence-corrected chi connectivity index (χ2v) is 9.31. The van der Waals surface area contributed by atoms with Crippen LogP contribution in [0.3, 0.4) is 0 Å². The first-order valence-corrected chi connectivity index (χ1v) is 11.6. The predicted molar refractivity (Wildman–Crippen MR) is 127 cm³/mol. The van der Waals surface area contributed by atoms with Crippen LogP contribution in [0.4, 0.5) is 5.69 Å². The molecule has 1 aliphatic carbocycles. The number of ether oxygens (including phenoxy) is 1. The zero-order valence-corrected chi connectivity index (χ0v) is 19.1. The van der Waals surface area contributed by atoms with E-state index in [0.717, 1.165) is 24.9 Å². The molecule has 4 rings (SSSR count). The summed E-state index contributed by atoms with van der Waals surface area (Å²) in [5, 5.41) is 10.9. The van der Waals surface area contributed by atoms with Gasteiger partial charge < -0.3 is 9.84 Å². The van der Waals surface area contributed by atoms with Crippen LogP contribution in [0.1, 0.15) is 38.2 Å². The number of amidine groups is 1. The van der Waals surface area contributed by atoms with E-state index >= 15 is 0 Å². The van der Waals surface area contributed by atoms with Crippen LogP contribution in [-0.2, 0) is 4.79 Å². The van der Waals surface area contributed by atoms with Gasteiger partial charge in [-0.25, -0.2) is 4.99 Å². The second-order valence-electron chi connectivity index (χ2n) is 7.90. The summed E-state index contributed by atoms with van der Waals surface area (Å²) >= 11 is 7.52. The summed E-state index contributed by atoms with van der Waals surface area (Å²) in [5.41, 5.74) is 1.51. The zero-order chi connectivity index (χ0) is 22.0. The lowest BCUT2D eigenvalue weighted by atomic mass is 9.85. The van der Waals surface area contributed by atoms with Gasteiger partial charge in [0.25, 0.3) is 5.91 Å². The molecule has 1 N–H and O–H groups in total. The maximum atomic E-state index is 13.5. The van der Waals surface area contributed by atoms with E-state index in [4.69, 9.17) is 21.3 Å². The summed E-state index contributed by atoms with van der Waals surface area (Å²) in [7, 11) is 1.47. The number of carbonyl (C=O) groups excluding carboxylic acids is 1. The molecule has 5 nitrogen and oxygen atoms in total. The molecule has 1 amide bonds. The number of aliphatic imine (C=N–C) groups is 1. The smallest absolute Gasteiger partial charge is 0.267 e. The fourth-order valence-electron chi connectivity index (χ4n) is 4.13. The number of phenolic OH excluding ortho intramolecular Hbond substituents is 1. The van der Waals surface area contributed by atoms with Crippen molar-refractivity contribution in [3.05, 3.63) is 58.0 Å². The highest BCUT2D eigenvalue weighted by Gasteiger charge is 2.41. The summed E-state index contributed by atoms with van der Waals surface area (Å²) in [5.74, 6) is 0.537. The Labute approximate surface area is 191 Å².